The molecule has 122 valence electrons. The number of sulfone groups is 1. The van der Waals surface area contributed by atoms with Crippen LogP contribution in [-0.2, 0) is 14.6 Å². The molecule has 0 bridgehead atoms. The molecular weight excluding hydrogens is 312 g/mol. The smallest absolute Gasteiger partial charge is 0.338 e. The average Bonchev–Trinajstić information content (AvgIpc) is 2.46. The lowest BCUT2D eigenvalue weighted by Crippen LogP contribution is -2.11. The number of ether oxygens (including phenoxy) is 1. The first kappa shape index (κ1) is 17.2. The molecule has 0 aromatic heterocycles. The van der Waals surface area contributed by atoms with Gasteiger partial charge in [0, 0.05) is 6.26 Å². The molecule has 2 aromatic rings. The minimum Gasteiger partial charge on any atom is -0.454 e. The number of hydrogen-bond donors (Lipinski definition) is 0. The van der Waals surface area contributed by atoms with Crippen molar-refractivity contribution in [1.82, 2.24) is 0 Å². The first-order chi connectivity index (χ1) is 10.7. The Kier molecular flexibility index (Phi) is 4.90. The van der Waals surface area contributed by atoms with Crippen molar-refractivity contribution in [2.24, 2.45) is 0 Å². The molecule has 0 radical (unpaired) electrons. The van der Waals surface area contributed by atoms with E-state index in [0.29, 0.717) is 5.56 Å². The highest BCUT2D eigenvalue weighted by Crippen LogP contribution is 2.25. The second kappa shape index (κ2) is 6.54. The van der Waals surface area contributed by atoms with Crippen LogP contribution >= 0.6 is 0 Å². The van der Waals surface area contributed by atoms with Crippen LogP contribution in [0.3, 0.4) is 0 Å². The molecule has 0 aliphatic rings. The summed E-state index contributed by atoms with van der Waals surface area (Å²) in [5.74, 6) is -0.472. The van der Waals surface area contributed by atoms with Gasteiger partial charge in [0.05, 0.1) is 10.5 Å². The molecule has 0 aliphatic carbocycles. The molecular formula is C18H20O4S. The number of hydrogen-bond acceptors (Lipinski definition) is 4. The second-order valence-electron chi connectivity index (χ2n) is 5.65. The molecule has 0 saturated carbocycles. The number of esters is 1. The SMILES string of the molecule is Cc1cccc(C)c1[C@@H](C)OC(=O)c1ccc(S(C)(=O)=O)cc1. The summed E-state index contributed by atoms with van der Waals surface area (Å²) in [6, 6.07) is 11.7. The lowest BCUT2D eigenvalue weighted by molar-refractivity contribution is 0.0335. The van der Waals surface area contributed by atoms with E-state index in [2.05, 4.69) is 0 Å². The van der Waals surface area contributed by atoms with Crippen LogP contribution in [0.1, 0.15) is 40.1 Å². The highest BCUT2D eigenvalue weighted by molar-refractivity contribution is 7.90. The standard InChI is InChI=1S/C18H20O4S/c1-12-6-5-7-13(2)17(12)14(3)22-18(19)15-8-10-16(11-9-15)23(4,20)21/h5-11,14H,1-4H3/t14-/m1/s1. The molecule has 0 spiro atoms. The van der Waals surface area contributed by atoms with Crippen molar-refractivity contribution in [3.8, 4) is 0 Å². The minimum absolute atomic E-state index is 0.178. The predicted molar refractivity (Wildman–Crippen MR) is 89.3 cm³/mol. The monoisotopic (exact) mass is 332 g/mol. The lowest BCUT2D eigenvalue weighted by atomic mass is 9.99. The maximum atomic E-state index is 12.2. The van der Waals surface area contributed by atoms with Crippen LogP contribution in [-0.4, -0.2) is 20.6 Å². The zero-order valence-electron chi connectivity index (χ0n) is 13.7. The lowest BCUT2D eigenvalue weighted by Gasteiger charge is -2.18. The highest BCUT2D eigenvalue weighted by Gasteiger charge is 2.17. The number of benzene rings is 2. The van der Waals surface area contributed by atoms with Crippen LogP contribution in [0.25, 0.3) is 0 Å². The van der Waals surface area contributed by atoms with Gasteiger partial charge in [0.25, 0.3) is 0 Å². The zero-order valence-corrected chi connectivity index (χ0v) is 14.5. The number of carbonyl (C=O) groups is 1. The Morgan fingerprint density at radius 1 is 1.00 bits per heavy atom. The average molecular weight is 332 g/mol. The van der Waals surface area contributed by atoms with Gasteiger partial charge >= 0.3 is 5.97 Å². The Morgan fingerprint density at radius 2 is 1.52 bits per heavy atom. The quantitative estimate of drug-likeness (QED) is 0.802. The number of aryl methyl sites for hydroxylation is 2. The maximum Gasteiger partial charge on any atom is 0.338 e. The Morgan fingerprint density at radius 3 is 2.00 bits per heavy atom. The fraction of sp³-hybridized carbons (Fsp3) is 0.278. The Bertz CT molecular complexity index is 800. The molecule has 5 heteroatoms. The molecule has 0 fully saturated rings. The van der Waals surface area contributed by atoms with Gasteiger partial charge in [-0.1, -0.05) is 18.2 Å². The van der Waals surface area contributed by atoms with E-state index in [4.69, 9.17) is 4.74 Å². The largest absolute Gasteiger partial charge is 0.454 e. The fourth-order valence-electron chi connectivity index (χ4n) is 2.59. The van der Waals surface area contributed by atoms with Gasteiger partial charge in [0.2, 0.25) is 0 Å². The molecule has 2 rings (SSSR count). The summed E-state index contributed by atoms with van der Waals surface area (Å²) >= 11 is 0. The van der Waals surface area contributed by atoms with Crippen LogP contribution in [0, 0.1) is 13.8 Å². The summed E-state index contributed by atoms with van der Waals surface area (Å²) < 4.78 is 28.4. The van der Waals surface area contributed by atoms with Gasteiger partial charge in [0.1, 0.15) is 6.10 Å². The van der Waals surface area contributed by atoms with Crippen LogP contribution < -0.4 is 0 Å². The Hall–Kier alpha value is -2.14. The first-order valence-corrected chi connectivity index (χ1v) is 9.16. The zero-order chi connectivity index (χ0) is 17.2. The Labute approximate surface area is 137 Å². The van der Waals surface area contributed by atoms with Gasteiger partial charge in [-0.25, -0.2) is 13.2 Å². The molecule has 2 aromatic carbocycles. The third kappa shape index (κ3) is 3.99. The van der Waals surface area contributed by atoms with E-state index in [1.807, 2.05) is 39.0 Å². The predicted octanol–water partition coefficient (Wildman–Crippen LogP) is 3.62. The third-order valence-electron chi connectivity index (χ3n) is 3.75. The molecule has 4 nitrogen and oxygen atoms in total. The summed E-state index contributed by atoms with van der Waals surface area (Å²) in [6.45, 7) is 5.79. The van der Waals surface area contributed by atoms with Crippen molar-refractivity contribution in [2.45, 2.75) is 31.8 Å². The van der Waals surface area contributed by atoms with Gasteiger partial charge in [0.15, 0.2) is 9.84 Å². The Balaban J connectivity index is 2.19. The van der Waals surface area contributed by atoms with E-state index in [-0.39, 0.29) is 11.0 Å². The van der Waals surface area contributed by atoms with E-state index in [1.54, 1.807) is 0 Å². The van der Waals surface area contributed by atoms with Gasteiger partial charge in [-0.3, -0.25) is 0 Å². The van der Waals surface area contributed by atoms with Crippen molar-refractivity contribution >= 4 is 15.8 Å². The summed E-state index contributed by atoms with van der Waals surface area (Å²) in [6.07, 6.45) is 0.752. The number of rotatable bonds is 4. The summed E-state index contributed by atoms with van der Waals surface area (Å²) in [5, 5.41) is 0. The maximum absolute atomic E-state index is 12.2. The molecule has 0 amide bonds. The topological polar surface area (TPSA) is 60.4 Å². The van der Waals surface area contributed by atoms with Gasteiger partial charge in [-0.05, 0) is 61.7 Å². The van der Waals surface area contributed by atoms with E-state index < -0.39 is 15.8 Å². The normalized spacial score (nSPS) is 12.7. The van der Waals surface area contributed by atoms with E-state index in [0.717, 1.165) is 22.9 Å². The summed E-state index contributed by atoms with van der Waals surface area (Å²) in [7, 11) is -3.27. The van der Waals surface area contributed by atoms with Gasteiger partial charge in [-0.15, -0.1) is 0 Å². The van der Waals surface area contributed by atoms with Gasteiger partial charge < -0.3 is 4.74 Å². The van der Waals surface area contributed by atoms with Crippen molar-refractivity contribution in [3.05, 3.63) is 64.7 Å². The van der Waals surface area contributed by atoms with Crippen molar-refractivity contribution in [3.63, 3.8) is 0 Å². The molecule has 0 heterocycles. The molecule has 0 unspecified atom stereocenters. The van der Waals surface area contributed by atoms with E-state index in [9.17, 15) is 13.2 Å². The fourth-order valence-corrected chi connectivity index (χ4v) is 3.22. The van der Waals surface area contributed by atoms with Crippen molar-refractivity contribution in [2.75, 3.05) is 6.26 Å². The summed E-state index contributed by atoms with van der Waals surface area (Å²) in [4.78, 5) is 12.4. The third-order valence-corrected chi connectivity index (χ3v) is 4.88. The van der Waals surface area contributed by atoms with Crippen LogP contribution in [0.2, 0.25) is 0 Å². The summed E-state index contributed by atoms with van der Waals surface area (Å²) in [5.41, 5.74) is 3.46. The van der Waals surface area contributed by atoms with Crippen LogP contribution in [0.15, 0.2) is 47.4 Å². The van der Waals surface area contributed by atoms with E-state index in [1.165, 1.54) is 24.3 Å². The molecule has 1 atom stereocenters. The van der Waals surface area contributed by atoms with E-state index >= 15 is 0 Å². The molecule has 0 saturated heterocycles. The van der Waals surface area contributed by atoms with Crippen LogP contribution in [0.5, 0.6) is 0 Å². The van der Waals surface area contributed by atoms with Gasteiger partial charge in [-0.2, -0.15) is 0 Å². The second-order valence-corrected chi connectivity index (χ2v) is 7.67. The molecule has 23 heavy (non-hydrogen) atoms. The minimum atomic E-state index is -3.27. The number of carbonyl (C=O) groups excluding carboxylic acids is 1. The molecule has 0 N–H and O–H groups in total. The van der Waals surface area contributed by atoms with Crippen molar-refractivity contribution in [1.29, 1.82) is 0 Å². The first-order valence-electron chi connectivity index (χ1n) is 7.27. The molecule has 0 aliphatic heterocycles. The van der Waals surface area contributed by atoms with Crippen LogP contribution in [0.4, 0.5) is 0 Å². The van der Waals surface area contributed by atoms with Crippen molar-refractivity contribution < 1.29 is 17.9 Å². The highest BCUT2D eigenvalue weighted by atomic mass is 32.2.